The van der Waals surface area contributed by atoms with Gasteiger partial charge >= 0.3 is 0 Å². The minimum absolute atomic E-state index is 0.139. The summed E-state index contributed by atoms with van der Waals surface area (Å²) in [5, 5.41) is 13.9. The third-order valence-electron chi connectivity index (χ3n) is 6.92. The molecule has 2 heterocycles. The molecule has 1 atom stereocenters. The fourth-order valence-corrected chi connectivity index (χ4v) is 5.36. The molecule has 2 aromatic heterocycles. The molecule has 2 N–H and O–H groups in total. The predicted octanol–water partition coefficient (Wildman–Crippen LogP) is 4.57. The van der Waals surface area contributed by atoms with Crippen molar-refractivity contribution in [2.45, 2.75) is 57.2 Å². The number of hydrogen-bond acceptors (Lipinski definition) is 5. The Morgan fingerprint density at radius 2 is 1.94 bits per heavy atom. The molecule has 1 aromatic carbocycles. The SMILES string of the molecule is Cc1nc(NC(O)c2cccc(C(F)F)c2F)c2cn(C34CCC(CC3)C4)c(=O)cc2n1. The Kier molecular flexibility index (Phi) is 4.96. The fourth-order valence-electron chi connectivity index (χ4n) is 5.36. The van der Waals surface area contributed by atoms with Crippen molar-refractivity contribution in [1.82, 2.24) is 14.5 Å². The summed E-state index contributed by atoms with van der Waals surface area (Å²) in [6, 6.07) is 4.94. The molecule has 0 radical (unpaired) electrons. The van der Waals surface area contributed by atoms with Gasteiger partial charge in [-0.3, -0.25) is 4.79 Å². The van der Waals surface area contributed by atoms with Crippen molar-refractivity contribution < 1.29 is 18.3 Å². The first-order valence-corrected chi connectivity index (χ1v) is 10.7. The third kappa shape index (κ3) is 3.35. The zero-order valence-electron chi connectivity index (χ0n) is 17.5. The highest BCUT2D eigenvalue weighted by Gasteiger charge is 2.46. The van der Waals surface area contributed by atoms with E-state index in [1.165, 1.54) is 18.2 Å². The van der Waals surface area contributed by atoms with Gasteiger partial charge in [0.1, 0.15) is 17.5 Å². The number of aromatic nitrogens is 3. The van der Waals surface area contributed by atoms with Crippen LogP contribution in [-0.2, 0) is 5.54 Å². The van der Waals surface area contributed by atoms with Gasteiger partial charge in [-0.15, -0.1) is 0 Å². The van der Waals surface area contributed by atoms with E-state index in [0.29, 0.717) is 22.6 Å². The van der Waals surface area contributed by atoms with E-state index in [4.69, 9.17) is 0 Å². The first-order valence-electron chi connectivity index (χ1n) is 10.7. The highest BCUT2D eigenvalue weighted by Crippen LogP contribution is 2.52. The molecule has 0 spiro atoms. The van der Waals surface area contributed by atoms with Crippen molar-refractivity contribution in [1.29, 1.82) is 0 Å². The van der Waals surface area contributed by atoms with E-state index in [1.54, 1.807) is 17.7 Å². The molecular formula is C23H23F3N4O2. The molecule has 6 nitrogen and oxygen atoms in total. The van der Waals surface area contributed by atoms with Gasteiger partial charge in [-0.25, -0.2) is 23.1 Å². The number of rotatable bonds is 5. The van der Waals surface area contributed by atoms with Gasteiger partial charge in [-0.1, -0.05) is 18.2 Å². The zero-order chi connectivity index (χ0) is 22.6. The fraction of sp³-hybridized carbons (Fsp3) is 0.435. The van der Waals surface area contributed by atoms with Crippen LogP contribution in [0.3, 0.4) is 0 Å². The smallest absolute Gasteiger partial charge is 0.266 e. The van der Waals surface area contributed by atoms with Crippen molar-refractivity contribution in [2.75, 3.05) is 5.32 Å². The second-order valence-corrected chi connectivity index (χ2v) is 8.87. The van der Waals surface area contributed by atoms with Gasteiger partial charge in [0.2, 0.25) is 0 Å². The lowest BCUT2D eigenvalue weighted by atomic mass is 9.93. The second-order valence-electron chi connectivity index (χ2n) is 8.87. The van der Waals surface area contributed by atoms with Gasteiger partial charge < -0.3 is 15.0 Å². The molecule has 32 heavy (non-hydrogen) atoms. The number of alkyl halides is 2. The highest BCUT2D eigenvalue weighted by atomic mass is 19.3. The Balaban J connectivity index is 1.58. The number of aliphatic hydroxyl groups excluding tert-OH is 1. The molecule has 1 unspecified atom stereocenters. The van der Waals surface area contributed by atoms with Gasteiger partial charge in [-0.05, 0) is 44.9 Å². The lowest BCUT2D eigenvalue weighted by Crippen LogP contribution is -2.37. The quantitative estimate of drug-likeness (QED) is 0.564. The summed E-state index contributed by atoms with van der Waals surface area (Å²) < 4.78 is 42.4. The molecule has 2 aliphatic rings. The van der Waals surface area contributed by atoms with Crippen LogP contribution >= 0.6 is 0 Å². The average Bonchev–Trinajstić information content (AvgIpc) is 3.35. The Morgan fingerprint density at radius 1 is 1.22 bits per heavy atom. The standard InChI is InChI=1S/C23H23F3N4O2/c1-12-27-17-9-18(31)30(23-7-5-13(10-23)6-8-23)11-16(17)21(28-12)29-22(32)15-4-2-3-14(19(15)24)20(25)26/h2-4,9,11,13,20,22,32H,5-8,10H2,1H3,(H,27,28,29). The zero-order valence-corrected chi connectivity index (χ0v) is 17.5. The predicted molar refractivity (Wildman–Crippen MR) is 113 cm³/mol. The summed E-state index contributed by atoms with van der Waals surface area (Å²) in [6.45, 7) is 1.64. The van der Waals surface area contributed by atoms with E-state index < -0.39 is 24.0 Å². The topological polar surface area (TPSA) is 80.0 Å². The van der Waals surface area contributed by atoms with E-state index in [0.717, 1.165) is 38.2 Å². The van der Waals surface area contributed by atoms with Crippen molar-refractivity contribution in [3.63, 3.8) is 0 Å². The Morgan fingerprint density at radius 3 is 2.59 bits per heavy atom. The first-order chi connectivity index (χ1) is 15.3. The summed E-state index contributed by atoms with van der Waals surface area (Å²) >= 11 is 0. The maximum atomic E-state index is 14.5. The number of halogens is 3. The molecule has 2 bridgehead atoms. The van der Waals surface area contributed by atoms with Crippen LogP contribution in [0.25, 0.3) is 10.9 Å². The first kappa shape index (κ1) is 20.9. The highest BCUT2D eigenvalue weighted by molar-refractivity contribution is 5.88. The summed E-state index contributed by atoms with van der Waals surface area (Å²) in [7, 11) is 0. The van der Waals surface area contributed by atoms with Gasteiger partial charge in [0.25, 0.3) is 12.0 Å². The van der Waals surface area contributed by atoms with E-state index in [9.17, 15) is 23.1 Å². The maximum absolute atomic E-state index is 14.5. The van der Waals surface area contributed by atoms with E-state index in [-0.39, 0.29) is 22.5 Å². The third-order valence-corrected chi connectivity index (χ3v) is 6.92. The normalized spacial score (nSPS) is 23.2. The Bertz CT molecular complexity index is 1250. The Labute approximate surface area is 182 Å². The number of anilines is 1. The minimum Gasteiger partial charge on any atom is -0.369 e. The number of benzene rings is 1. The van der Waals surface area contributed by atoms with Crippen LogP contribution in [0.4, 0.5) is 19.0 Å². The van der Waals surface area contributed by atoms with Crippen LogP contribution in [0, 0.1) is 18.7 Å². The van der Waals surface area contributed by atoms with Gasteiger partial charge in [0, 0.05) is 23.4 Å². The van der Waals surface area contributed by atoms with Crippen LogP contribution in [0.1, 0.15) is 61.7 Å². The van der Waals surface area contributed by atoms with E-state index in [2.05, 4.69) is 15.3 Å². The van der Waals surface area contributed by atoms with Crippen molar-refractivity contribution in [3.8, 4) is 0 Å². The number of hydrogen-bond donors (Lipinski definition) is 2. The molecule has 5 rings (SSSR count). The molecule has 0 amide bonds. The largest absolute Gasteiger partial charge is 0.369 e. The number of nitrogens with zero attached hydrogens (tertiary/aromatic N) is 3. The molecule has 0 aliphatic heterocycles. The lowest BCUT2D eigenvalue weighted by molar-refractivity contribution is 0.144. The lowest BCUT2D eigenvalue weighted by Gasteiger charge is -2.29. The maximum Gasteiger partial charge on any atom is 0.266 e. The number of fused-ring (bicyclic) bond motifs is 3. The second kappa shape index (κ2) is 7.58. The molecule has 3 aromatic rings. The van der Waals surface area contributed by atoms with E-state index >= 15 is 0 Å². The van der Waals surface area contributed by atoms with Crippen LogP contribution < -0.4 is 10.9 Å². The van der Waals surface area contributed by atoms with Gasteiger partial charge in [-0.2, -0.15) is 0 Å². The van der Waals surface area contributed by atoms with E-state index in [1.807, 2.05) is 0 Å². The molecular weight excluding hydrogens is 421 g/mol. The summed E-state index contributed by atoms with van der Waals surface area (Å²) in [5.41, 5.74) is -1.04. The Hall–Kier alpha value is -2.94. The van der Waals surface area contributed by atoms with Crippen LogP contribution in [0.5, 0.6) is 0 Å². The number of aryl methyl sites for hydroxylation is 1. The molecule has 168 valence electrons. The van der Waals surface area contributed by atoms with Crippen molar-refractivity contribution in [2.24, 2.45) is 5.92 Å². The van der Waals surface area contributed by atoms with Crippen LogP contribution in [0.15, 0.2) is 35.3 Å². The monoisotopic (exact) mass is 444 g/mol. The van der Waals surface area contributed by atoms with Crippen LogP contribution in [-0.4, -0.2) is 19.6 Å². The summed E-state index contributed by atoms with van der Waals surface area (Å²) in [6.07, 6.45) is 2.12. The number of pyridine rings is 1. The molecule has 9 heteroatoms. The van der Waals surface area contributed by atoms with Crippen molar-refractivity contribution >= 4 is 16.7 Å². The minimum atomic E-state index is -3.00. The van der Waals surface area contributed by atoms with Crippen molar-refractivity contribution in [3.05, 3.63) is 63.6 Å². The molecule has 2 fully saturated rings. The number of nitrogens with one attached hydrogen (secondary N) is 1. The molecule has 2 saturated carbocycles. The van der Waals surface area contributed by atoms with Gasteiger partial charge in [0.05, 0.1) is 16.5 Å². The van der Waals surface area contributed by atoms with Gasteiger partial charge in [0.15, 0.2) is 6.23 Å². The van der Waals surface area contributed by atoms with Crippen LogP contribution in [0.2, 0.25) is 0 Å². The molecule has 2 aliphatic carbocycles. The molecule has 0 saturated heterocycles. The average molecular weight is 444 g/mol. The number of aliphatic hydroxyl groups is 1. The summed E-state index contributed by atoms with van der Waals surface area (Å²) in [5.74, 6) is 0.0263. The summed E-state index contributed by atoms with van der Waals surface area (Å²) in [4.78, 5) is 21.6.